The second kappa shape index (κ2) is 9.58. The van der Waals surface area contributed by atoms with Crippen molar-refractivity contribution >= 4 is 34.5 Å². The highest BCUT2D eigenvalue weighted by Crippen LogP contribution is 2.35. The molecule has 1 saturated heterocycles. The number of para-hydroxylation sites is 2. The van der Waals surface area contributed by atoms with Crippen molar-refractivity contribution in [1.29, 1.82) is 0 Å². The predicted octanol–water partition coefficient (Wildman–Crippen LogP) is 1.73. The van der Waals surface area contributed by atoms with Crippen LogP contribution in [0.25, 0.3) is 5.82 Å². The minimum atomic E-state index is -1.37. The molecule has 2 aliphatic rings. The van der Waals surface area contributed by atoms with E-state index in [1.54, 1.807) is 30.1 Å². The molecule has 0 saturated carbocycles. The van der Waals surface area contributed by atoms with E-state index >= 15 is 0 Å². The van der Waals surface area contributed by atoms with Gasteiger partial charge in [0.05, 0.1) is 16.6 Å². The van der Waals surface area contributed by atoms with Gasteiger partial charge in [0.1, 0.15) is 10.5 Å². The van der Waals surface area contributed by atoms with Gasteiger partial charge in [0.15, 0.2) is 0 Å². The first-order valence-electron chi connectivity index (χ1n) is 10.9. The lowest BCUT2D eigenvalue weighted by molar-refractivity contribution is -0.217. The Hall–Kier alpha value is -2.46. The highest BCUT2D eigenvalue weighted by Gasteiger charge is 2.32. The average Bonchev–Trinajstić information content (AvgIpc) is 3.06. The van der Waals surface area contributed by atoms with Gasteiger partial charge in [0.25, 0.3) is 0 Å². The average molecular weight is 459 g/mol. The standard InChI is InChI=1S/C23H30N4O4S/c1-5-20(28)30-16(3)31-23(29)27-19-9-7-6-8-18(19)24-21-17(14-15(2)32-21)22(27)26-12-10-25(4)11-13-26/h6-9,14,16,23,29H,5,10-13H2,1-4H3. The van der Waals surface area contributed by atoms with Crippen molar-refractivity contribution in [3.05, 3.63) is 45.1 Å². The Balaban J connectivity index is 1.82. The second-order valence-electron chi connectivity index (χ2n) is 8.03. The monoisotopic (exact) mass is 458 g/mol. The maximum Gasteiger partial charge on any atom is 0.307 e. The van der Waals surface area contributed by atoms with Gasteiger partial charge in [-0.15, -0.1) is 11.3 Å². The molecule has 1 aromatic carbocycles. The van der Waals surface area contributed by atoms with Gasteiger partial charge in [-0.3, -0.25) is 14.4 Å². The SMILES string of the molecule is CCC(=O)OC(C)OC(O)N1C(N2CCN(C)CC2)=c2cc(C)sc2=Nc2ccccc21. The third-order valence-electron chi connectivity index (χ3n) is 5.59. The molecule has 0 amide bonds. The Kier molecular flexibility index (Phi) is 6.80. The fourth-order valence-electron chi connectivity index (χ4n) is 3.95. The van der Waals surface area contributed by atoms with Gasteiger partial charge < -0.3 is 19.6 Å². The first-order chi connectivity index (χ1) is 15.4. The summed E-state index contributed by atoms with van der Waals surface area (Å²) in [7, 11) is 2.11. The van der Waals surface area contributed by atoms with Gasteiger partial charge in [-0.2, -0.15) is 0 Å². The van der Waals surface area contributed by atoms with Crippen LogP contribution in [-0.4, -0.2) is 66.8 Å². The van der Waals surface area contributed by atoms with Crippen LogP contribution in [0, 0.1) is 6.92 Å². The number of ether oxygens (including phenoxy) is 2. The molecule has 32 heavy (non-hydrogen) atoms. The minimum Gasteiger partial charge on any atom is -0.436 e. The van der Waals surface area contributed by atoms with Crippen LogP contribution in [0.15, 0.2) is 35.3 Å². The Morgan fingerprint density at radius 1 is 1.25 bits per heavy atom. The molecule has 2 aromatic rings. The van der Waals surface area contributed by atoms with E-state index in [0.29, 0.717) is 0 Å². The Bertz CT molecular complexity index is 1090. The number of rotatable bonds is 6. The third kappa shape index (κ3) is 4.66. The minimum absolute atomic E-state index is 0.242. The van der Waals surface area contributed by atoms with Crippen LogP contribution in [0.5, 0.6) is 0 Å². The summed E-state index contributed by atoms with van der Waals surface area (Å²) in [6.45, 7) is 8.84. The molecule has 1 aromatic heterocycles. The zero-order valence-corrected chi connectivity index (χ0v) is 19.8. The number of hydrogen-bond donors (Lipinski definition) is 1. The number of nitrogens with zero attached hydrogens (tertiary/aromatic N) is 4. The van der Waals surface area contributed by atoms with Crippen molar-refractivity contribution in [2.75, 3.05) is 38.1 Å². The zero-order chi connectivity index (χ0) is 22.8. The lowest BCUT2D eigenvalue weighted by atomic mass is 10.2. The molecule has 172 valence electrons. The molecule has 2 aliphatic heterocycles. The first-order valence-corrected chi connectivity index (χ1v) is 11.7. The molecule has 0 aliphatic carbocycles. The highest BCUT2D eigenvalue weighted by atomic mass is 32.1. The largest absolute Gasteiger partial charge is 0.436 e. The predicted molar refractivity (Wildman–Crippen MR) is 124 cm³/mol. The van der Waals surface area contributed by atoms with Crippen LogP contribution < -0.4 is 14.8 Å². The van der Waals surface area contributed by atoms with E-state index in [1.165, 1.54) is 0 Å². The molecule has 9 heteroatoms. The van der Waals surface area contributed by atoms with E-state index in [2.05, 4.69) is 29.8 Å². The van der Waals surface area contributed by atoms with Gasteiger partial charge in [0.2, 0.25) is 12.7 Å². The van der Waals surface area contributed by atoms with Gasteiger partial charge in [-0.1, -0.05) is 19.1 Å². The number of aliphatic hydroxyl groups excluding tert-OH is 1. The van der Waals surface area contributed by atoms with Crippen LogP contribution in [-0.2, 0) is 14.3 Å². The summed E-state index contributed by atoms with van der Waals surface area (Å²) < 4.78 is 11.9. The van der Waals surface area contributed by atoms with E-state index in [4.69, 9.17) is 14.5 Å². The number of aryl methyl sites for hydroxylation is 1. The summed E-state index contributed by atoms with van der Waals surface area (Å²) >= 11 is 1.63. The molecule has 3 heterocycles. The molecular formula is C23H30N4O4S. The number of carbonyl (C=O) groups excluding carboxylic acids is 1. The molecule has 0 spiro atoms. The summed E-state index contributed by atoms with van der Waals surface area (Å²) in [5.74, 6) is 0.475. The van der Waals surface area contributed by atoms with Crippen LogP contribution in [0.1, 0.15) is 25.1 Å². The summed E-state index contributed by atoms with van der Waals surface area (Å²) in [5, 5.41) is 12.3. The second-order valence-corrected chi connectivity index (χ2v) is 9.27. The smallest absolute Gasteiger partial charge is 0.307 e. The first kappa shape index (κ1) is 22.7. The molecular weight excluding hydrogens is 428 g/mol. The van der Waals surface area contributed by atoms with Crippen molar-refractivity contribution in [2.24, 2.45) is 4.99 Å². The van der Waals surface area contributed by atoms with E-state index in [9.17, 15) is 9.90 Å². The fourth-order valence-corrected chi connectivity index (χ4v) is 4.84. The van der Waals surface area contributed by atoms with E-state index < -0.39 is 12.7 Å². The molecule has 8 nitrogen and oxygen atoms in total. The number of anilines is 1. The van der Waals surface area contributed by atoms with Crippen molar-refractivity contribution in [1.82, 2.24) is 9.80 Å². The number of benzene rings is 1. The lowest BCUT2D eigenvalue weighted by Crippen LogP contribution is -2.52. The van der Waals surface area contributed by atoms with Crippen LogP contribution in [0.2, 0.25) is 0 Å². The summed E-state index contributed by atoms with van der Waals surface area (Å²) in [6, 6.07) is 9.82. The quantitative estimate of drug-likeness (QED) is 0.522. The number of piperazine rings is 1. The highest BCUT2D eigenvalue weighted by molar-refractivity contribution is 7.09. The number of hydrogen-bond acceptors (Lipinski definition) is 9. The number of fused-ring (bicyclic) bond motifs is 2. The fraction of sp³-hybridized carbons (Fsp3) is 0.478. The van der Waals surface area contributed by atoms with Crippen molar-refractivity contribution < 1.29 is 19.4 Å². The molecule has 1 N–H and O–H groups in total. The van der Waals surface area contributed by atoms with Crippen molar-refractivity contribution in [2.45, 2.75) is 39.9 Å². The number of carbonyl (C=O) groups is 1. The maximum atomic E-state index is 11.7. The normalized spacial score (nSPS) is 18.3. The van der Waals surface area contributed by atoms with Gasteiger partial charge in [0, 0.05) is 37.5 Å². The Morgan fingerprint density at radius 2 is 1.97 bits per heavy atom. The molecule has 0 bridgehead atoms. The van der Waals surface area contributed by atoms with Crippen molar-refractivity contribution in [3.63, 3.8) is 0 Å². The molecule has 4 rings (SSSR count). The van der Waals surface area contributed by atoms with E-state index in [1.807, 2.05) is 24.3 Å². The Morgan fingerprint density at radius 3 is 2.69 bits per heavy atom. The number of esters is 1. The van der Waals surface area contributed by atoms with Crippen molar-refractivity contribution in [3.8, 4) is 0 Å². The number of thiophene rings is 1. The summed E-state index contributed by atoms with van der Waals surface area (Å²) in [5.41, 5.74) is 1.49. The molecule has 0 radical (unpaired) electrons. The van der Waals surface area contributed by atoms with E-state index in [0.717, 1.165) is 58.1 Å². The third-order valence-corrected chi connectivity index (χ3v) is 6.54. The summed E-state index contributed by atoms with van der Waals surface area (Å²) in [6.07, 6.45) is -2.03. The lowest BCUT2D eigenvalue weighted by Gasteiger charge is -2.41. The van der Waals surface area contributed by atoms with E-state index in [-0.39, 0.29) is 12.4 Å². The topological polar surface area (TPSA) is 77.8 Å². The van der Waals surface area contributed by atoms with Gasteiger partial charge in [-0.05, 0) is 39.1 Å². The number of likely N-dealkylation sites (N-methyl/N-ethyl adjacent to an activating group) is 1. The summed E-state index contributed by atoms with van der Waals surface area (Å²) in [4.78, 5) is 24.1. The molecule has 2 unspecified atom stereocenters. The van der Waals surface area contributed by atoms with Crippen LogP contribution in [0.4, 0.5) is 11.4 Å². The number of aliphatic hydroxyl groups is 1. The molecule has 1 fully saturated rings. The van der Waals surface area contributed by atoms with Crippen LogP contribution in [0.3, 0.4) is 0 Å². The zero-order valence-electron chi connectivity index (χ0n) is 18.9. The van der Waals surface area contributed by atoms with Gasteiger partial charge in [-0.25, -0.2) is 4.99 Å². The maximum absolute atomic E-state index is 11.7. The molecule has 2 atom stereocenters. The van der Waals surface area contributed by atoms with Crippen LogP contribution >= 0.6 is 11.3 Å². The Labute approximate surface area is 192 Å². The van der Waals surface area contributed by atoms with Gasteiger partial charge >= 0.3 is 5.97 Å².